The first kappa shape index (κ1) is 52.9. The monoisotopic (exact) mass is 1100 g/mol. The number of halogens is 2. The molecule has 4 aromatic carbocycles. The summed E-state index contributed by atoms with van der Waals surface area (Å²) in [6.07, 6.45) is 5.20. The van der Waals surface area contributed by atoms with Crippen molar-refractivity contribution < 1.29 is 57.8 Å². The Bertz CT molecular complexity index is 3320. The molecule has 19 nitrogen and oxygen atoms in total. The molecular formula is C48H40F2N10O9PS4+3. The molecule has 8 aromatic rings. The third-order valence-corrected chi connectivity index (χ3v) is 16.7. The molecule has 376 valence electrons. The Labute approximate surface area is 432 Å². The highest BCUT2D eigenvalue weighted by Gasteiger charge is 2.39. The molecule has 74 heavy (non-hydrogen) atoms. The van der Waals surface area contributed by atoms with Gasteiger partial charge in [-0.3, -0.25) is 0 Å². The quantitative estimate of drug-likeness (QED) is 0.0256. The van der Waals surface area contributed by atoms with Crippen LogP contribution in [0.4, 0.5) is 8.78 Å². The van der Waals surface area contributed by atoms with Gasteiger partial charge in [-0.05, 0) is 72.8 Å². The highest BCUT2D eigenvalue weighted by molar-refractivity contribution is 7.91. The van der Waals surface area contributed by atoms with E-state index in [0.717, 1.165) is 62.3 Å². The normalized spacial score (nSPS) is 12.6. The molecule has 8 rings (SSSR count). The molecule has 4 aromatic heterocycles. The summed E-state index contributed by atoms with van der Waals surface area (Å²) in [6, 6.07) is 34.1. The maximum atomic E-state index is 15.1. The van der Waals surface area contributed by atoms with Crippen LogP contribution in [-0.4, -0.2) is 50.4 Å². The van der Waals surface area contributed by atoms with Crippen molar-refractivity contribution in [2.24, 2.45) is 0 Å². The van der Waals surface area contributed by atoms with Crippen LogP contribution in [0.2, 0.25) is 0 Å². The van der Waals surface area contributed by atoms with E-state index in [-0.39, 0.29) is 21.1 Å². The van der Waals surface area contributed by atoms with Gasteiger partial charge in [0.05, 0.1) is 24.3 Å². The van der Waals surface area contributed by atoms with E-state index in [9.17, 15) is 31.9 Å². The number of sulfonamides is 2. The lowest BCUT2D eigenvalue weighted by Gasteiger charge is -2.15. The number of nitrogens with zero attached hydrogens (tertiary/aromatic N) is 8. The van der Waals surface area contributed by atoms with Gasteiger partial charge in [-0.25, -0.2) is 34.8 Å². The molecular weight excluding hydrogens is 1060 g/mol. The number of ether oxygens (including phenoxy) is 2. The molecule has 0 aliphatic heterocycles. The van der Waals surface area contributed by atoms with Crippen molar-refractivity contribution in [3.63, 3.8) is 0 Å². The zero-order valence-electron chi connectivity index (χ0n) is 38.3. The molecule has 0 saturated carbocycles. The summed E-state index contributed by atoms with van der Waals surface area (Å²) in [7, 11) is -13.2. The first-order chi connectivity index (χ1) is 35.8. The molecule has 0 amide bonds. The van der Waals surface area contributed by atoms with Crippen LogP contribution in [0.1, 0.15) is 47.6 Å². The minimum Gasteiger partial charge on any atom is -0.493 e. The lowest BCUT2D eigenvalue weighted by Crippen LogP contribution is -2.33. The van der Waals surface area contributed by atoms with Crippen molar-refractivity contribution in [3.8, 4) is 44.8 Å². The van der Waals surface area contributed by atoms with Crippen LogP contribution in [-0.2, 0) is 46.7 Å². The van der Waals surface area contributed by atoms with Crippen molar-refractivity contribution in [1.29, 1.82) is 10.5 Å². The van der Waals surface area contributed by atoms with E-state index in [4.69, 9.17) is 18.5 Å². The molecule has 0 spiro atoms. The number of rotatable bonds is 24. The van der Waals surface area contributed by atoms with E-state index in [1.54, 1.807) is 60.7 Å². The number of nitriles is 2. The smallest absolute Gasteiger partial charge is 0.493 e. The van der Waals surface area contributed by atoms with Crippen LogP contribution in [0, 0.1) is 34.3 Å². The van der Waals surface area contributed by atoms with Gasteiger partial charge >= 0.3 is 8.25 Å². The zero-order chi connectivity index (χ0) is 52.1. The summed E-state index contributed by atoms with van der Waals surface area (Å²) < 4.78 is 130. The molecule has 4 heterocycles. The largest absolute Gasteiger partial charge is 0.701 e. The predicted octanol–water partition coefficient (Wildman–Crippen LogP) is 7.60. The van der Waals surface area contributed by atoms with Gasteiger partial charge in [0.2, 0.25) is 21.1 Å². The fraction of sp³-hybridized carbons (Fsp3) is 0.167. The summed E-state index contributed by atoms with van der Waals surface area (Å²) in [5.41, 5.74) is -0.471. The van der Waals surface area contributed by atoms with Crippen molar-refractivity contribution in [3.05, 3.63) is 180 Å². The molecule has 26 heteroatoms. The standard InChI is InChI=1S/C48H40F2N10O9PS4/c49-41-29-35(9-11-37(41)31-51)43(57-73(62,63)47-55-53-45(71-47)33-13-17-39(18-14-33)66-27-7-25-59-21-3-1-4-22-59)68-70(61)69-44(36-10-12-38(32-52)42(50)30-36)58-74(64,65)48-56-54-46(72-48)34-15-19-40(20-16-34)67-28-8-26-60-23-5-2-6-24-60/h1-6,9-24,29-30,43-44,57-58H,7-8,25-28H2/q+3. The van der Waals surface area contributed by atoms with Crippen LogP contribution in [0.15, 0.2) is 155 Å². The van der Waals surface area contributed by atoms with E-state index in [2.05, 4.69) is 29.8 Å². The van der Waals surface area contributed by atoms with Crippen molar-refractivity contribution in [2.75, 3.05) is 13.2 Å². The number of nitrogens with one attached hydrogen (secondary N) is 2. The lowest BCUT2D eigenvalue weighted by molar-refractivity contribution is -0.697. The average molecular weight is 1100 g/mol. The number of aryl methyl sites for hydroxylation is 2. The molecule has 0 saturated heterocycles. The van der Waals surface area contributed by atoms with Gasteiger partial charge in [0.25, 0.3) is 20.0 Å². The van der Waals surface area contributed by atoms with Crippen molar-refractivity contribution in [1.82, 2.24) is 29.8 Å². The zero-order valence-corrected chi connectivity index (χ0v) is 42.5. The third-order valence-electron chi connectivity index (χ3n) is 10.4. The van der Waals surface area contributed by atoms with Gasteiger partial charge in [0.15, 0.2) is 37.9 Å². The Morgan fingerprint density at radius 2 is 0.973 bits per heavy atom. The Morgan fingerprint density at radius 3 is 1.34 bits per heavy atom. The molecule has 2 atom stereocenters. The predicted molar refractivity (Wildman–Crippen MR) is 262 cm³/mol. The van der Waals surface area contributed by atoms with E-state index >= 15 is 8.78 Å². The highest BCUT2D eigenvalue weighted by atomic mass is 32.3. The van der Waals surface area contributed by atoms with Gasteiger partial charge in [0, 0.05) is 63.9 Å². The molecule has 0 bridgehead atoms. The van der Waals surface area contributed by atoms with Crippen molar-refractivity contribution >= 4 is 51.0 Å². The van der Waals surface area contributed by atoms with E-state index in [1.165, 1.54) is 0 Å². The Balaban J connectivity index is 0.963. The van der Waals surface area contributed by atoms with Crippen LogP contribution in [0.5, 0.6) is 11.5 Å². The first-order valence-corrected chi connectivity index (χ1v) is 27.7. The number of hydrogen-bond acceptors (Lipinski definition) is 17. The Morgan fingerprint density at radius 1 is 0.581 bits per heavy atom. The summed E-state index contributed by atoms with van der Waals surface area (Å²) in [5.74, 6) is -1.05. The van der Waals surface area contributed by atoms with E-state index in [0.29, 0.717) is 58.5 Å². The molecule has 0 radical (unpaired) electrons. The average Bonchev–Trinajstić information content (AvgIpc) is 4.13. The fourth-order valence-electron chi connectivity index (χ4n) is 6.75. The second-order valence-electron chi connectivity index (χ2n) is 15.6. The Kier molecular flexibility index (Phi) is 17.5. The molecule has 2 N–H and O–H groups in total. The summed E-state index contributed by atoms with van der Waals surface area (Å²) in [6.45, 7) is 2.39. The second-order valence-corrected chi connectivity index (χ2v) is 22.2. The second kappa shape index (κ2) is 24.5. The van der Waals surface area contributed by atoms with Gasteiger partial charge < -0.3 is 9.47 Å². The van der Waals surface area contributed by atoms with Crippen LogP contribution < -0.4 is 28.1 Å². The maximum absolute atomic E-state index is 15.1. The topological polar surface area (TPSA) is 253 Å². The van der Waals surface area contributed by atoms with E-state index in [1.807, 2.05) is 70.3 Å². The molecule has 0 fully saturated rings. The number of pyridine rings is 2. The fourth-order valence-corrected chi connectivity index (χ4v) is 11.9. The minimum atomic E-state index is -4.75. The summed E-state index contributed by atoms with van der Waals surface area (Å²) in [4.78, 5) is 0. The molecule has 0 aliphatic rings. The minimum absolute atomic E-state index is 0.189. The van der Waals surface area contributed by atoms with Gasteiger partial charge in [-0.1, -0.05) is 56.0 Å². The number of hydrogen-bond donors (Lipinski definition) is 2. The SMILES string of the molecule is N#Cc1ccc(C(NS(=O)(=O)c2nnc(-c3ccc(OCCC[n+]4ccccc4)cc3)s2)O[P+](=O)OC(NS(=O)(=O)c2nnc(-c3ccc(OCCC[n+]4ccccc4)cc3)s2)c2ccc(C#N)c(F)c2)cc1F. The lowest BCUT2D eigenvalue weighted by atomic mass is 10.1. The van der Waals surface area contributed by atoms with Gasteiger partial charge in [0.1, 0.15) is 45.3 Å². The molecule has 2 unspecified atom stereocenters. The first-order valence-electron chi connectivity index (χ1n) is 22.0. The highest BCUT2D eigenvalue weighted by Crippen LogP contribution is 2.39. The summed E-state index contributed by atoms with van der Waals surface area (Å²) >= 11 is 1.32. The third kappa shape index (κ3) is 14.0. The van der Waals surface area contributed by atoms with E-state index < -0.39 is 72.2 Å². The summed E-state index contributed by atoms with van der Waals surface area (Å²) in [5, 5.41) is 34.8. The number of aromatic nitrogens is 6. The van der Waals surface area contributed by atoms with Crippen LogP contribution in [0.3, 0.4) is 0 Å². The Hall–Kier alpha value is -7.42. The van der Waals surface area contributed by atoms with Crippen molar-refractivity contribution in [2.45, 2.75) is 47.1 Å². The van der Waals surface area contributed by atoms with Crippen LogP contribution >= 0.6 is 30.9 Å². The number of benzene rings is 4. The van der Waals surface area contributed by atoms with Crippen LogP contribution in [0.25, 0.3) is 21.1 Å². The van der Waals surface area contributed by atoms with Gasteiger partial charge in [-0.2, -0.15) is 20.0 Å². The molecule has 0 aliphatic carbocycles. The van der Waals surface area contributed by atoms with Gasteiger partial charge in [-0.15, -0.1) is 20.4 Å². The maximum Gasteiger partial charge on any atom is 0.701 e.